The Morgan fingerprint density at radius 3 is 2.66 bits per heavy atom. The molecule has 1 aliphatic rings. The third-order valence-corrected chi connectivity index (χ3v) is 6.71. The lowest BCUT2D eigenvalue weighted by Crippen LogP contribution is -2.42. The van der Waals surface area contributed by atoms with E-state index in [1.54, 1.807) is 0 Å². The summed E-state index contributed by atoms with van der Waals surface area (Å²) in [5.41, 5.74) is 3.80. The van der Waals surface area contributed by atoms with Gasteiger partial charge < -0.3 is 14.8 Å². The summed E-state index contributed by atoms with van der Waals surface area (Å²) in [6.07, 6.45) is 4.03. The highest BCUT2D eigenvalue weighted by Gasteiger charge is 2.25. The average molecular weight is 453 g/mol. The van der Waals surface area contributed by atoms with Gasteiger partial charge in [-0.15, -0.1) is 0 Å². The number of likely N-dealkylation sites (N-methyl/N-ethyl adjacent to an activating group) is 1. The zero-order valence-electron chi connectivity index (χ0n) is 19.1. The van der Waals surface area contributed by atoms with Crippen LogP contribution in [0.4, 0.5) is 0 Å². The van der Waals surface area contributed by atoms with Crippen LogP contribution in [-0.4, -0.2) is 53.5 Å². The van der Waals surface area contributed by atoms with Crippen molar-refractivity contribution in [2.24, 2.45) is 13.0 Å². The van der Waals surface area contributed by atoms with Crippen molar-refractivity contribution in [2.75, 3.05) is 33.2 Å². The summed E-state index contributed by atoms with van der Waals surface area (Å²) < 4.78 is 2.16. The summed E-state index contributed by atoms with van der Waals surface area (Å²) in [5.74, 6) is 0.322. The van der Waals surface area contributed by atoms with E-state index in [4.69, 9.17) is 11.6 Å². The smallest absolute Gasteiger partial charge is 0.223 e. The van der Waals surface area contributed by atoms with Gasteiger partial charge in [-0.05, 0) is 62.3 Å². The summed E-state index contributed by atoms with van der Waals surface area (Å²) >= 11 is 6.23. The number of nitrogens with one attached hydrogen (secondary N) is 1. The van der Waals surface area contributed by atoms with E-state index in [-0.39, 0.29) is 11.8 Å². The fourth-order valence-electron chi connectivity index (χ4n) is 4.65. The summed E-state index contributed by atoms with van der Waals surface area (Å²) in [7, 11) is 4.17. The molecule has 4 rings (SSSR count). The van der Waals surface area contributed by atoms with E-state index in [1.807, 2.05) is 12.1 Å². The number of fused-ring (bicyclic) bond motifs is 1. The van der Waals surface area contributed by atoms with E-state index in [1.165, 1.54) is 22.0 Å². The number of rotatable bonds is 8. The molecule has 0 bridgehead atoms. The van der Waals surface area contributed by atoms with Gasteiger partial charge in [0.25, 0.3) is 0 Å². The number of carbonyl (C=O) groups excluding carboxylic acids is 1. The third kappa shape index (κ3) is 5.71. The van der Waals surface area contributed by atoms with Crippen LogP contribution in [0.1, 0.15) is 24.0 Å². The fourth-order valence-corrected chi connectivity index (χ4v) is 4.83. The van der Waals surface area contributed by atoms with E-state index in [0.29, 0.717) is 6.54 Å². The van der Waals surface area contributed by atoms with E-state index in [9.17, 15) is 4.79 Å². The molecule has 1 saturated heterocycles. The van der Waals surface area contributed by atoms with Gasteiger partial charge in [0, 0.05) is 61.3 Å². The van der Waals surface area contributed by atoms with Crippen molar-refractivity contribution in [1.29, 1.82) is 0 Å². The molecule has 0 atom stereocenters. The first kappa shape index (κ1) is 22.8. The second-order valence-electron chi connectivity index (χ2n) is 8.99. The normalized spacial score (nSPS) is 15.5. The van der Waals surface area contributed by atoms with Crippen LogP contribution in [-0.2, 0) is 24.9 Å². The molecule has 32 heavy (non-hydrogen) atoms. The molecule has 170 valence electrons. The first-order chi connectivity index (χ1) is 15.5. The lowest BCUT2D eigenvalue weighted by atomic mass is 9.95. The van der Waals surface area contributed by atoms with Crippen molar-refractivity contribution in [2.45, 2.75) is 25.9 Å². The second kappa shape index (κ2) is 10.5. The van der Waals surface area contributed by atoms with Crippen molar-refractivity contribution in [3.05, 3.63) is 70.9 Å². The van der Waals surface area contributed by atoms with Crippen molar-refractivity contribution in [3.63, 3.8) is 0 Å². The minimum atomic E-state index is 0.118. The molecule has 1 amide bonds. The Kier molecular flexibility index (Phi) is 7.51. The van der Waals surface area contributed by atoms with Crippen LogP contribution in [0, 0.1) is 5.92 Å². The molecule has 1 N–H and O–H groups in total. The van der Waals surface area contributed by atoms with Gasteiger partial charge in [0.1, 0.15) is 0 Å². The van der Waals surface area contributed by atoms with Crippen molar-refractivity contribution in [3.8, 4) is 0 Å². The molecule has 2 aromatic carbocycles. The van der Waals surface area contributed by atoms with Crippen LogP contribution < -0.4 is 5.32 Å². The summed E-state index contributed by atoms with van der Waals surface area (Å²) in [4.78, 5) is 17.3. The van der Waals surface area contributed by atoms with E-state index in [2.05, 4.69) is 76.4 Å². The molecule has 0 aliphatic carbocycles. The van der Waals surface area contributed by atoms with Crippen molar-refractivity contribution in [1.82, 2.24) is 19.7 Å². The molecule has 6 heteroatoms. The van der Waals surface area contributed by atoms with Gasteiger partial charge in [-0.25, -0.2) is 0 Å². The minimum absolute atomic E-state index is 0.118. The largest absolute Gasteiger partial charge is 0.355 e. The maximum Gasteiger partial charge on any atom is 0.223 e. The summed E-state index contributed by atoms with van der Waals surface area (Å²) in [5, 5.41) is 5.14. The van der Waals surface area contributed by atoms with Crippen LogP contribution >= 0.6 is 11.6 Å². The lowest BCUT2D eigenvalue weighted by molar-refractivity contribution is -0.126. The Balaban J connectivity index is 1.21. The number of likely N-dealkylation sites (tertiary alicyclic amines) is 1. The van der Waals surface area contributed by atoms with Gasteiger partial charge in [-0.2, -0.15) is 0 Å². The lowest BCUT2D eigenvalue weighted by Gasteiger charge is -2.31. The highest BCUT2D eigenvalue weighted by atomic mass is 35.5. The van der Waals surface area contributed by atoms with Crippen LogP contribution in [0.2, 0.25) is 5.02 Å². The quantitative estimate of drug-likeness (QED) is 0.554. The maximum absolute atomic E-state index is 12.7. The van der Waals surface area contributed by atoms with Gasteiger partial charge in [0.15, 0.2) is 0 Å². The predicted molar refractivity (Wildman–Crippen MR) is 132 cm³/mol. The predicted octanol–water partition coefficient (Wildman–Crippen LogP) is 4.29. The minimum Gasteiger partial charge on any atom is -0.355 e. The van der Waals surface area contributed by atoms with E-state index < -0.39 is 0 Å². The number of amides is 1. The first-order valence-corrected chi connectivity index (χ1v) is 11.8. The van der Waals surface area contributed by atoms with Crippen molar-refractivity contribution < 1.29 is 4.79 Å². The molecule has 5 nitrogen and oxygen atoms in total. The van der Waals surface area contributed by atoms with Crippen LogP contribution in [0.3, 0.4) is 0 Å². The number of halogens is 1. The molecule has 3 aromatic rings. The molecule has 0 unspecified atom stereocenters. The van der Waals surface area contributed by atoms with Gasteiger partial charge in [-0.1, -0.05) is 41.9 Å². The Bertz CT molecular complexity index is 1040. The van der Waals surface area contributed by atoms with Crippen LogP contribution in [0.5, 0.6) is 0 Å². The number of benzene rings is 2. The number of aromatic nitrogens is 1. The first-order valence-electron chi connectivity index (χ1n) is 11.5. The van der Waals surface area contributed by atoms with E-state index in [0.717, 1.165) is 50.6 Å². The monoisotopic (exact) mass is 452 g/mol. The Hall–Kier alpha value is -2.34. The molecule has 1 aromatic heterocycles. The molecule has 2 heterocycles. The topological polar surface area (TPSA) is 40.5 Å². The number of carbonyl (C=O) groups is 1. The zero-order valence-corrected chi connectivity index (χ0v) is 19.8. The Morgan fingerprint density at radius 1 is 1.16 bits per heavy atom. The number of hydrogen-bond acceptors (Lipinski definition) is 3. The van der Waals surface area contributed by atoms with Gasteiger partial charge in [-0.3, -0.25) is 9.69 Å². The van der Waals surface area contributed by atoms with Gasteiger partial charge in [0.2, 0.25) is 5.91 Å². The number of aryl methyl sites for hydroxylation is 1. The standard InChI is InChI=1S/C26H33ClN4O/c1-29(17-20-6-4-3-5-7-20)15-12-28-26(32)21-10-13-31(14-11-21)19-22-18-30(2)25-9-8-23(27)16-24(22)25/h3-9,16,18,21H,10-15,17,19H2,1-2H3,(H,28,32). The zero-order chi connectivity index (χ0) is 22.5. The Morgan fingerprint density at radius 2 is 1.91 bits per heavy atom. The maximum atomic E-state index is 12.7. The molecule has 0 radical (unpaired) electrons. The van der Waals surface area contributed by atoms with E-state index >= 15 is 0 Å². The van der Waals surface area contributed by atoms with Crippen LogP contribution in [0.25, 0.3) is 10.9 Å². The molecular formula is C26H33ClN4O. The molecule has 1 fully saturated rings. The average Bonchev–Trinajstić information content (AvgIpc) is 3.09. The number of hydrogen-bond donors (Lipinski definition) is 1. The Labute approximate surface area is 195 Å². The highest BCUT2D eigenvalue weighted by molar-refractivity contribution is 6.31. The molecule has 1 aliphatic heterocycles. The second-order valence-corrected chi connectivity index (χ2v) is 9.43. The van der Waals surface area contributed by atoms with Gasteiger partial charge >= 0.3 is 0 Å². The van der Waals surface area contributed by atoms with Crippen LogP contribution in [0.15, 0.2) is 54.7 Å². The summed E-state index contributed by atoms with van der Waals surface area (Å²) in [6.45, 7) is 5.24. The third-order valence-electron chi connectivity index (χ3n) is 6.47. The fraction of sp³-hybridized carbons (Fsp3) is 0.423. The SMILES string of the molecule is CN(CCNC(=O)C1CCN(Cc2cn(C)c3ccc(Cl)cc23)CC1)Cc1ccccc1. The van der Waals surface area contributed by atoms with Gasteiger partial charge in [0.05, 0.1) is 0 Å². The summed E-state index contributed by atoms with van der Waals surface area (Å²) in [6, 6.07) is 16.5. The molecule has 0 saturated carbocycles. The number of nitrogens with zero attached hydrogens (tertiary/aromatic N) is 3. The van der Waals surface area contributed by atoms with Crippen molar-refractivity contribution >= 4 is 28.4 Å². The molecule has 0 spiro atoms. The molecular weight excluding hydrogens is 420 g/mol. The highest BCUT2D eigenvalue weighted by Crippen LogP contribution is 2.27. The number of piperidine rings is 1.